The van der Waals surface area contributed by atoms with E-state index >= 15 is 0 Å². The van der Waals surface area contributed by atoms with E-state index in [1.807, 2.05) is 0 Å². The summed E-state index contributed by atoms with van der Waals surface area (Å²) in [4.78, 5) is 0. The molecule has 0 radical (unpaired) electrons. The lowest BCUT2D eigenvalue weighted by atomic mass is 10.7. The molecule has 66 valence electrons. The van der Waals surface area contributed by atoms with Gasteiger partial charge in [0.2, 0.25) is 8.32 Å². The van der Waals surface area contributed by atoms with Gasteiger partial charge >= 0.3 is 6.18 Å². The molecule has 0 heterocycles. The van der Waals surface area contributed by atoms with Gasteiger partial charge in [0.25, 0.3) is 0 Å². The molecule has 0 unspecified atom stereocenters. The Hall–Kier alpha value is -0.293. The van der Waals surface area contributed by atoms with E-state index in [4.69, 9.17) is 0 Å². The third-order valence-corrected chi connectivity index (χ3v) is 2.97. The van der Waals surface area contributed by atoms with E-state index in [9.17, 15) is 13.2 Å². The van der Waals surface area contributed by atoms with E-state index in [-0.39, 0.29) is 0 Å². The standard InChI is InChI=1S/C6H11F3OSi/c1-4-11(2,3)10-5-6(7,8)9/h4H,1,5H2,2-3H3. The van der Waals surface area contributed by atoms with Gasteiger partial charge in [0, 0.05) is 0 Å². The maximum Gasteiger partial charge on any atom is 0.410 e. The molecule has 0 aromatic rings. The molecule has 0 atom stereocenters. The molecular formula is C6H11F3OSi. The van der Waals surface area contributed by atoms with Gasteiger partial charge in [0.05, 0.1) is 0 Å². The molecule has 0 bridgehead atoms. The largest absolute Gasteiger partial charge is 0.410 e. The van der Waals surface area contributed by atoms with Crippen molar-refractivity contribution in [2.45, 2.75) is 19.3 Å². The third-order valence-electron chi connectivity index (χ3n) is 1.10. The second kappa shape index (κ2) is 3.40. The molecule has 1 nitrogen and oxygen atoms in total. The van der Waals surface area contributed by atoms with Gasteiger partial charge in [-0.1, -0.05) is 5.70 Å². The van der Waals surface area contributed by atoms with Crippen molar-refractivity contribution >= 4 is 8.32 Å². The fraction of sp³-hybridized carbons (Fsp3) is 0.667. The molecule has 5 heteroatoms. The Morgan fingerprint density at radius 1 is 1.45 bits per heavy atom. The second-order valence-electron chi connectivity index (χ2n) is 2.71. The van der Waals surface area contributed by atoms with E-state index in [0.717, 1.165) is 0 Å². The molecule has 0 spiro atoms. The van der Waals surface area contributed by atoms with Gasteiger partial charge in [-0.2, -0.15) is 13.2 Å². The van der Waals surface area contributed by atoms with Crippen molar-refractivity contribution in [1.29, 1.82) is 0 Å². The summed E-state index contributed by atoms with van der Waals surface area (Å²) in [5.74, 6) is 0. The van der Waals surface area contributed by atoms with Crippen molar-refractivity contribution in [2.75, 3.05) is 6.61 Å². The van der Waals surface area contributed by atoms with Crippen LogP contribution in [0.4, 0.5) is 13.2 Å². The number of hydrogen-bond donors (Lipinski definition) is 0. The number of alkyl halides is 3. The third kappa shape index (κ3) is 6.12. The zero-order valence-electron chi connectivity index (χ0n) is 6.53. The monoisotopic (exact) mass is 184 g/mol. The summed E-state index contributed by atoms with van der Waals surface area (Å²) in [5, 5.41) is 0. The van der Waals surface area contributed by atoms with E-state index in [0.29, 0.717) is 0 Å². The van der Waals surface area contributed by atoms with E-state index in [1.165, 1.54) is 5.70 Å². The number of halogens is 3. The van der Waals surface area contributed by atoms with Crippen LogP contribution in [0.3, 0.4) is 0 Å². The first-order valence-electron chi connectivity index (χ1n) is 3.11. The molecule has 0 aromatic carbocycles. The highest BCUT2D eigenvalue weighted by Gasteiger charge is 2.31. The Morgan fingerprint density at radius 2 is 1.91 bits per heavy atom. The Labute approximate surface area is 65.0 Å². The highest BCUT2D eigenvalue weighted by Crippen LogP contribution is 2.17. The lowest BCUT2D eigenvalue weighted by molar-refractivity contribution is -0.155. The SMILES string of the molecule is C=C[Si](C)(C)OCC(F)(F)F. The van der Waals surface area contributed by atoms with Crippen LogP contribution in [0.2, 0.25) is 13.1 Å². The summed E-state index contributed by atoms with van der Waals surface area (Å²) in [6, 6.07) is 0. The molecule has 0 saturated carbocycles. The summed E-state index contributed by atoms with van der Waals surface area (Å²) in [7, 11) is -2.24. The van der Waals surface area contributed by atoms with Crippen molar-refractivity contribution in [3.63, 3.8) is 0 Å². The van der Waals surface area contributed by atoms with E-state index in [2.05, 4.69) is 11.0 Å². The quantitative estimate of drug-likeness (QED) is 0.612. The maximum atomic E-state index is 11.6. The number of hydrogen-bond acceptors (Lipinski definition) is 1. The van der Waals surface area contributed by atoms with Crippen LogP contribution in [0.25, 0.3) is 0 Å². The average molecular weight is 184 g/mol. The zero-order chi connectivity index (χ0) is 9.12. The van der Waals surface area contributed by atoms with E-state index in [1.54, 1.807) is 13.1 Å². The first-order chi connectivity index (χ1) is 4.77. The Bertz CT molecular complexity index is 141. The summed E-state index contributed by atoms with van der Waals surface area (Å²) in [6.07, 6.45) is -4.23. The minimum absolute atomic E-state index is 1.17. The van der Waals surface area contributed by atoms with Crippen LogP contribution in [-0.2, 0) is 4.43 Å². The highest BCUT2D eigenvalue weighted by atomic mass is 28.4. The van der Waals surface area contributed by atoms with Gasteiger partial charge in [-0.3, -0.25) is 0 Å². The molecule has 0 N–H and O–H groups in total. The molecular weight excluding hydrogens is 173 g/mol. The fourth-order valence-electron chi connectivity index (χ4n) is 0.327. The van der Waals surface area contributed by atoms with Crippen LogP contribution in [0, 0.1) is 0 Å². The lowest BCUT2D eigenvalue weighted by Gasteiger charge is -2.19. The lowest BCUT2D eigenvalue weighted by Crippen LogP contribution is -2.33. The molecule has 0 saturated heterocycles. The molecule has 11 heavy (non-hydrogen) atoms. The minimum atomic E-state index is -4.23. The zero-order valence-corrected chi connectivity index (χ0v) is 7.53. The normalized spacial score (nSPS) is 13.2. The maximum absolute atomic E-state index is 11.6. The van der Waals surface area contributed by atoms with Gasteiger partial charge in [-0.05, 0) is 13.1 Å². The van der Waals surface area contributed by atoms with Crippen molar-refractivity contribution in [1.82, 2.24) is 0 Å². The smallest absolute Gasteiger partial charge is 0.404 e. The molecule has 0 aliphatic carbocycles. The predicted octanol–water partition coefficient (Wildman–Crippen LogP) is 2.50. The van der Waals surface area contributed by atoms with Gasteiger partial charge in [0.1, 0.15) is 6.61 Å². The Morgan fingerprint density at radius 3 is 2.18 bits per heavy atom. The van der Waals surface area contributed by atoms with Crippen LogP contribution >= 0.6 is 0 Å². The topological polar surface area (TPSA) is 9.23 Å². The van der Waals surface area contributed by atoms with Crippen LogP contribution < -0.4 is 0 Å². The minimum Gasteiger partial charge on any atom is -0.404 e. The van der Waals surface area contributed by atoms with Crippen molar-refractivity contribution in [3.8, 4) is 0 Å². The summed E-state index contributed by atoms with van der Waals surface area (Å²) in [5.41, 5.74) is 1.47. The molecule has 0 amide bonds. The van der Waals surface area contributed by atoms with Crippen LogP contribution in [0.15, 0.2) is 12.3 Å². The Balaban J connectivity index is 3.79. The van der Waals surface area contributed by atoms with E-state index < -0.39 is 21.1 Å². The molecule has 0 fully saturated rings. The molecule has 0 rings (SSSR count). The predicted molar refractivity (Wildman–Crippen MR) is 39.7 cm³/mol. The first-order valence-corrected chi connectivity index (χ1v) is 6.10. The summed E-state index contributed by atoms with van der Waals surface area (Å²) < 4.78 is 39.4. The van der Waals surface area contributed by atoms with Crippen LogP contribution in [0.1, 0.15) is 0 Å². The summed E-state index contributed by atoms with van der Waals surface area (Å²) >= 11 is 0. The van der Waals surface area contributed by atoms with Gasteiger partial charge in [-0.15, -0.1) is 6.58 Å². The van der Waals surface area contributed by atoms with Crippen LogP contribution in [0.5, 0.6) is 0 Å². The molecule has 0 aromatic heterocycles. The Kier molecular flexibility index (Phi) is 3.31. The highest BCUT2D eigenvalue weighted by molar-refractivity contribution is 6.76. The van der Waals surface area contributed by atoms with Crippen LogP contribution in [-0.4, -0.2) is 21.1 Å². The van der Waals surface area contributed by atoms with Crippen molar-refractivity contribution in [3.05, 3.63) is 12.3 Å². The summed E-state index contributed by atoms with van der Waals surface area (Å²) in [6.45, 7) is 5.55. The van der Waals surface area contributed by atoms with Crippen molar-refractivity contribution in [2.24, 2.45) is 0 Å². The first kappa shape index (κ1) is 10.7. The fourth-order valence-corrected chi connectivity index (χ4v) is 0.980. The number of rotatable bonds is 3. The van der Waals surface area contributed by atoms with Gasteiger partial charge in [0.15, 0.2) is 0 Å². The van der Waals surface area contributed by atoms with Gasteiger partial charge < -0.3 is 4.43 Å². The molecule has 0 aliphatic heterocycles. The van der Waals surface area contributed by atoms with Crippen molar-refractivity contribution < 1.29 is 17.6 Å². The van der Waals surface area contributed by atoms with Gasteiger partial charge in [-0.25, -0.2) is 0 Å². The average Bonchev–Trinajstić information content (AvgIpc) is 1.83. The molecule has 0 aliphatic rings. The second-order valence-corrected chi connectivity index (χ2v) is 6.62.